The first kappa shape index (κ1) is 15.8. The number of ether oxygens (including phenoxy) is 2. The van der Waals surface area contributed by atoms with E-state index in [-0.39, 0.29) is 18.6 Å². The molecule has 2 aliphatic heterocycles. The molecule has 2 aliphatic rings. The van der Waals surface area contributed by atoms with E-state index in [0.717, 1.165) is 12.0 Å². The quantitative estimate of drug-likeness (QED) is 0.923. The van der Waals surface area contributed by atoms with E-state index in [1.54, 1.807) is 0 Å². The molecular weight excluding hydrogens is 298 g/mol. The maximum absolute atomic E-state index is 12.2. The van der Waals surface area contributed by atoms with Crippen molar-refractivity contribution in [1.29, 1.82) is 0 Å². The number of likely N-dealkylation sites (tertiary alicyclic amines) is 1. The molecular formula is C17H21NO5. The molecule has 0 saturated carbocycles. The lowest BCUT2D eigenvalue weighted by Crippen LogP contribution is -2.52. The van der Waals surface area contributed by atoms with E-state index in [4.69, 9.17) is 9.47 Å². The van der Waals surface area contributed by atoms with Gasteiger partial charge < -0.3 is 19.5 Å². The minimum atomic E-state index is -0.865. The van der Waals surface area contributed by atoms with Gasteiger partial charge in [0.1, 0.15) is 6.61 Å². The first-order chi connectivity index (χ1) is 11.1. The molecule has 2 heterocycles. The van der Waals surface area contributed by atoms with Crippen LogP contribution in [0.3, 0.4) is 0 Å². The van der Waals surface area contributed by atoms with Crippen molar-refractivity contribution < 1.29 is 24.2 Å². The molecule has 1 aromatic rings. The minimum Gasteiger partial charge on any atom is -0.481 e. The van der Waals surface area contributed by atoms with E-state index in [1.807, 2.05) is 30.3 Å². The van der Waals surface area contributed by atoms with Crippen LogP contribution in [0.25, 0.3) is 0 Å². The average molecular weight is 319 g/mol. The summed E-state index contributed by atoms with van der Waals surface area (Å²) in [5.74, 6) is -1.46. The van der Waals surface area contributed by atoms with Crippen LogP contribution in [0.1, 0.15) is 18.4 Å². The number of hydrogen-bond acceptors (Lipinski definition) is 4. The fourth-order valence-electron chi connectivity index (χ4n) is 3.45. The van der Waals surface area contributed by atoms with Gasteiger partial charge in [0.15, 0.2) is 0 Å². The van der Waals surface area contributed by atoms with E-state index in [0.29, 0.717) is 26.2 Å². The van der Waals surface area contributed by atoms with Crippen LogP contribution in [-0.4, -0.2) is 48.4 Å². The Morgan fingerprint density at radius 3 is 2.74 bits per heavy atom. The number of hydrogen-bond donors (Lipinski definition) is 1. The van der Waals surface area contributed by atoms with Crippen molar-refractivity contribution in [2.75, 3.05) is 26.3 Å². The number of carboxylic acids is 1. The summed E-state index contributed by atoms with van der Waals surface area (Å²) < 4.78 is 10.7. The first-order valence-corrected chi connectivity index (χ1v) is 7.87. The molecule has 0 aromatic heterocycles. The second-order valence-corrected chi connectivity index (χ2v) is 6.29. The van der Waals surface area contributed by atoms with Gasteiger partial charge in [-0.1, -0.05) is 30.3 Å². The summed E-state index contributed by atoms with van der Waals surface area (Å²) >= 11 is 0. The van der Waals surface area contributed by atoms with Gasteiger partial charge in [-0.05, 0) is 18.4 Å². The lowest BCUT2D eigenvalue weighted by Gasteiger charge is -2.42. The zero-order valence-corrected chi connectivity index (χ0v) is 12.9. The molecule has 0 bridgehead atoms. The van der Waals surface area contributed by atoms with E-state index in [2.05, 4.69) is 0 Å². The molecule has 1 spiro atoms. The van der Waals surface area contributed by atoms with Crippen LogP contribution in [0.2, 0.25) is 0 Å². The van der Waals surface area contributed by atoms with Crippen molar-refractivity contribution in [2.45, 2.75) is 19.4 Å². The van der Waals surface area contributed by atoms with Crippen LogP contribution in [0, 0.1) is 11.3 Å². The highest BCUT2D eigenvalue weighted by Crippen LogP contribution is 2.43. The lowest BCUT2D eigenvalue weighted by atomic mass is 9.70. The predicted octanol–water partition coefficient (Wildman–Crippen LogP) is 2.14. The number of carboxylic acid groups (broad SMARTS) is 1. The molecule has 1 amide bonds. The molecule has 2 unspecified atom stereocenters. The second kappa shape index (κ2) is 6.58. The number of nitrogens with zero attached hydrogens (tertiary/aromatic N) is 1. The Morgan fingerprint density at radius 1 is 1.30 bits per heavy atom. The van der Waals surface area contributed by atoms with Gasteiger partial charge in [-0.15, -0.1) is 0 Å². The first-order valence-electron chi connectivity index (χ1n) is 7.87. The summed E-state index contributed by atoms with van der Waals surface area (Å²) in [6.07, 6.45) is 0.940. The Hall–Kier alpha value is -2.08. The molecule has 0 radical (unpaired) electrons. The fourth-order valence-corrected chi connectivity index (χ4v) is 3.45. The molecule has 0 aliphatic carbocycles. The molecule has 2 saturated heterocycles. The SMILES string of the molecule is O=C(O)C1CN(C(=O)OCc2ccccc2)CCC12CCOC2. The summed E-state index contributed by atoms with van der Waals surface area (Å²) in [4.78, 5) is 25.4. The maximum Gasteiger partial charge on any atom is 0.410 e. The summed E-state index contributed by atoms with van der Waals surface area (Å²) in [6.45, 7) is 1.97. The summed E-state index contributed by atoms with van der Waals surface area (Å²) in [5.41, 5.74) is 0.579. The van der Waals surface area contributed by atoms with Crippen LogP contribution in [0.15, 0.2) is 30.3 Å². The highest BCUT2D eigenvalue weighted by Gasteiger charge is 2.50. The summed E-state index contributed by atoms with van der Waals surface area (Å²) in [7, 11) is 0. The monoisotopic (exact) mass is 319 g/mol. The fraction of sp³-hybridized carbons (Fsp3) is 0.529. The van der Waals surface area contributed by atoms with E-state index in [1.165, 1.54) is 4.90 Å². The third-order valence-corrected chi connectivity index (χ3v) is 4.92. The molecule has 6 nitrogen and oxygen atoms in total. The Morgan fingerprint density at radius 2 is 2.09 bits per heavy atom. The summed E-state index contributed by atoms with van der Waals surface area (Å²) in [6, 6.07) is 9.43. The van der Waals surface area contributed by atoms with Crippen molar-refractivity contribution >= 4 is 12.1 Å². The molecule has 124 valence electrons. The van der Waals surface area contributed by atoms with E-state index < -0.39 is 18.0 Å². The number of piperidine rings is 1. The Bertz CT molecular complexity index is 568. The van der Waals surface area contributed by atoms with Crippen molar-refractivity contribution in [1.82, 2.24) is 4.90 Å². The van der Waals surface area contributed by atoms with Gasteiger partial charge in [0.25, 0.3) is 0 Å². The Labute approximate surface area is 135 Å². The zero-order chi connectivity index (χ0) is 16.3. The number of carbonyl (C=O) groups excluding carboxylic acids is 1. The normalized spacial score (nSPS) is 27.1. The zero-order valence-electron chi connectivity index (χ0n) is 12.9. The van der Waals surface area contributed by atoms with Crippen LogP contribution < -0.4 is 0 Å². The van der Waals surface area contributed by atoms with Gasteiger partial charge in [0.2, 0.25) is 0 Å². The summed E-state index contributed by atoms with van der Waals surface area (Å²) in [5, 5.41) is 9.54. The molecule has 6 heteroatoms. The largest absolute Gasteiger partial charge is 0.481 e. The van der Waals surface area contributed by atoms with Crippen LogP contribution in [0.4, 0.5) is 4.79 Å². The third-order valence-electron chi connectivity index (χ3n) is 4.92. The van der Waals surface area contributed by atoms with Gasteiger partial charge in [-0.2, -0.15) is 0 Å². The standard InChI is InChI=1S/C17H21NO5/c19-15(20)14-10-18(8-6-17(14)7-9-22-12-17)16(21)23-11-13-4-2-1-3-5-13/h1-5,14H,6-12H2,(H,19,20). The molecule has 1 N–H and O–H groups in total. The van der Waals surface area contributed by atoms with E-state index in [9.17, 15) is 14.7 Å². The minimum absolute atomic E-state index is 0.187. The van der Waals surface area contributed by atoms with Crippen molar-refractivity contribution in [3.63, 3.8) is 0 Å². The van der Waals surface area contributed by atoms with E-state index >= 15 is 0 Å². The van der Waals surface area contributed by atoms with Crippen LogP contribution >= 0.6 is 0 Å². The van der Waals surface area contributed by atoms with Gasteiger partial charge in [-0.3, -0.25) is 4.79 Å². The van der Waals surface area contributed by atoms with Crippen molar-refractivity contribution in [3.8, 4) is 0 Å². The van der Waals surface area contributed by atoms with Gasteiger partial charge in [0, 0.05) is 25.1 Å². The average Bonchev–Trinajstić information content (AvgIpc) is 3.02. The molecule has 2 atom stereocenters. The lowest BCUT2D eigenvalue weighted by molar-refractivity contribution is -0.150. The van der Waals surface area contributed by atoms with Crippen molar-refractivity contribution in [2.24, 2.45) is 11.3 Å². The molecule has 2 fully saturated rings. The van der Waals surface area contributed by atoms with Gasteiger partial charge >= 0.3 is 12.1 Å². The Kier molecular flexibility index (Phi) is 4.52. The number of rotatable bonds is 3. The smallest absolute Gasteiger partial charge is 0.410 e. The number of benzene rings is 1. The third kappa shape index (κ3) is 3.32. The molecule has 3 rings (SSSR count). The predicted molar refractivity (Wildman–Crippen MR) is 81.8 cm³/mol. The topological polar surface area (TPSA) is 76.1 Å². The highest BCUT2D eigenvalue weighted by molar-refractivity contribution is 5.74. The van der Waals surface area contributed by atoms with Crippen LogP contribution in [-0.2, 0) is 20.9 Å². The number of aliphatic carboxylic acids is 1. The molecule has 1 aromatic carbocycles. The van der Waals surface area contributed by atoms with Crippen molar-refractivity contribution in [3.05, 3.63) is 35.9 Å². The number of amides is 1. The van der Waals surface area contributed by atoms with Gasteiger partial charge in [-0.25, -0.2) is 4.79 Å². The second-order valence-electron chi connectivity index (χ2n) is 6.29. The maximum atomic E-state index is 12.2. The highest BCUT2D eigenvalue weighted by atomic mass is 16.6. The Balaban J connectivity index is 1.60. The van der Waals surface area contributed by atoms with Crippen LogP contribution in [0.5, 0.6) is 0 Å². The number of carbonyl (C=O) groups is 2. The molecule has 23 heavy (non-hydrogen) atoms. The van der Waals surface area contributed by atoms with Gasteiger partial charge in [0.05, 0.1) is 12.5 Å².